The first-order chi connectivity index (χ1) is 21.3. The molecule has 9 heteroatoms. The second kappa shape index (κ2) is 14.1. The molecule has 1 N–H and O–H groups in total. The Kier molecular flexibility index (Phi) is 10.0. The van der Waals surface area contributed by atoms with Gasteiger partial charge in [0.05, 0.1) is 31.1 Å². The van der Waals surface area contributed by atoms with Crippen molar-refractivity contribution in [2.75, 3.05) is 26.0 Å². The standard InChI is InChI=1S/C35H35ClN2O5S/c1-3-44(40,41)37-22-20-33-30(21-23-43-29-17-14-27(15-18-29)35(39)42-2)31-24-28(36)16-19-32(31)38(33)34(25-10-6-4-7-11-25)26-12-8-5-9-13-26/h4-19,24,34,37H,3,20-23H2,1-2H3. The molecule has 7 nitrogen and oxygen atoms in total. The molecule has 0 bridgehead atoms. The second-order valence-corrected chi connectivity index (χ2v) is 12.9. The van der Waals surface area contributed by atoms with Crippen LogP contribution in [-0.4, -0.2) is 45.0 Å². The summed E-state index contributed by atoms with van der Waals surface area (Å²) in [5.41, 5.74) is 5.70. The number of sulfonamides is 1. The van der Waals surface area contributed by atoms with Gasteiger partial charge in [0.1, 0.15) is 5.75 Å². The van der Waals surface area contributed by atoms with Crippen LogP contribution in [0.15, 0.2) is 103 Å². The van der Waals surface area contributed by atoms with Crippen molar-refractivity contribution in [1.29, 1.82) is 0 Å². The average Bonchev–Trinajstić information content (AvgIpc) is 3.33. The molecule has 0 fully saturated rings. The minimum absolute atomic E-state index is 0.0116. The van der Waals surface area contributed by atoms with Crippen LogP contribution in [0, 0.1) is 0 Å². The summed E-state index contributed by atoms with van der Waals surface area (Å²) in [6.45, 7) is 2.24. The van der Waals surface area contributed by atoms with Crippen LogP contribution in [-0.2, 0) is 27.6 Å². The monoisotopic (exact) mass is 630 g/mol. The summed E-state index contributed by atoms with van der Waals surface area (Å²) >= 11 is 6.56. The van der Waals surface area contributed by atoms with Gasteiger partial charge in [0, 0.05) is 41.0 Å². The predicted molar refractivity (Wildman–Crippen MR) is 175 cm³/mol. The number of carbonyl (C=O) groups is 1. The average molecular weight is 631 g/mol. The number of carbonyl (C=O) groups excluding carboxylic acids is 1. The molecule has 0 amide bonds. The Bertz CT molecular complexity index is 1780. The minimum Gasteiger partial charge on any atom is -0.493 e. The lowest BCUT2D eigenvalue weighted by atomic mass is 9.97. The van der Waals surface area contributed by atoms with Gasteiger partial charge < -0.3 is 14.0 Å². The Morgan fingerprint density at radius 3 is 2.11 bits per heavy atom. The molecular formula is C35H35ClN2O5S. The van der Waals surface area contributed by atoms with Crippen molar-refractivity contribution in [1.82, 2.24) is 9.29 Å². The molecule has 0 aliphatic rings. The van der Waals surface area contributed by atoms with E-state index in [1.165, 1.54) is 7.11 Å². The first-order valence-electron chi connectivity index (χ1n) is 14.5. The number of rotatable bonds is 13. The highest BCUT2D eigenvalue weighted by molar-refractivity contribution is 7.89. The van der Waals surface area contributed by atoms with Crippen molar-refractivity contribution in [3.05, 3.63) is 136 Å². The van der Waals surface area contributed by atoms with Gasteiger partial charge in [-0.05, 0) is 66.1 Å². The van der Waals surface area contributed by atoms with Crippen molar-refractivity contribution in [2.24, 2.45) is 0 Å². The number of halogens is 1. The normalized spacial score (nSPS) is 11.6. The van der Waals surface area contributed by atoms with Crippen LogP contribution in [0.1, 0.15) is 45.7 Å². The highest BCUT2D eigenvalue weighted by Crippen LogP contribution is 2.37. The fourth-order valence-electron chi connectivity index (χ4n) is 5.52. The van der Waals surface area contributed by atoms with E-state index in [9.17, 15) is 13.2 Å². The molecule has 0 atom stereocenters. The fourth-order valence-corrected chi connectivity index (χ4v) is 6.31. The minimum atomic E-state index is -3.38. The number of aromatic nitrogens is 1. The molecule has 44 heavy (non-hydrogen) atoms. The van der Waals surface area contributed by atoms with Gasteiger partial charge in [-0.15, -0.1) is 0 Å². The zero-order valence-corrected chi connectivity index (χ0v) is 26.3. The number of nitrogens with one attached hydrogen (secondary N) is 1. The zero-order chi connectivity index (χ0) is 31.1. The Labute approximate surface area is 263 Å². The molecule has 0 aliphatic carbocycles. The van der Waals surface area contributed by atoms with E-state index in [0.717, 1.165) is 33.3 Å². The molecule has 0 unspecified atom stereocenters. The van der Waals surface area contributed by atoms with Crippen molar-refractivity contribution < 1.29 is 22.7 Å². The van der Waals surface area contributed by atoms with E-state index in [-0.39, 0.29) is 18.3 Å². The Balaban J connectivity index is 1.60. The quantitative estimate of drug-likeness (QED) is 0.144. The zero-order valence-electron chi connectivity index (χ0n) is 24.7. The SMILES string of the molecule is CCS(=O)(=O)NCCc1c(CCOc2ccc(C(=O)OC)cc2)c2cc(Cl)ccc2n1C(c1ccccc1)c1ccccc1. The van der Waals surface area contributed by atoms with Crippen molar-refractivity contribution in [2.45, 2.75) is 25.8 Å². The molecule has 5 rings (SSSR count). The number of benzene rings is 4. The molecular weight excluding hydrogens is 596 g/mol. The number of ether oxygens (including phenoxy) is 2. The van der Waals surface area contributed by atoms with Crippen LogP contribution in [0.3, 0.4) is 0 Å². The maximum Gasteiger partial charge on any atom is 0.337 e. The molecule has 0 spiro atoms. The van der Waals surface area contributed by atoms with Crippen molar-refractivity contribution in [3.8, 4) is 5.75 Å². The molecule has 1 heterocycles. The molecule has 5 aromatic rings. The second-order valence-electron chi connectivity index (χ2n) is 10.3. The summed E-state index contributed by atoms with van der Waals surface area (Å²) < 4.78 is 40.7. The lowest BCUT2D eigenvalue weighted by molar-refractivity contribution is 0.0600. The molecule has 0 saturated heterocycles. The highest BCUT2D eigenvalue weighted by atomic mass is 35.5. The molecule has 4 aromatic carbocycles. The first kappa shape index (κ1) is 31.3. The lowest BCUT2D eigenvalue weighted by Crippen LogP contribution is -2.28. The number of methoxy groups -OCH3 is 1. The van der Waals surface area contributed by atoms with E-state index in [0.29, 0.717) is 35.8 Å². The van der Waals surface area contributed by atoms with Crippen LogP contribution in [0.4, 0.5) is 0 Å². The number of esters is 1. The summed E-state index contributed by atoms with van der Waals surface area (Å²) in [7, 11) is -2.03. The summed E-state index contributed by atoms with van der Waals surface area (Å²) in [4.78, 5) is 11.8. The number of fused-ring (bicyclic) bond motifs is 1. The van der Waals surface area contributed by atoms with E-state index < -0.39 is 16.0 Å². The van der Waals surface area contributed by atoms with E-state index in [4.69, 9.17) is 21.1 Å². The highest BCUT2D eigenvalue weighted by Gasteiger charge is 2.26. The fraction of sp³-hybridized carbons (Fsp3) is 0.229. The van der Waals surface area contributed by atoms with E-state index in [2.05, 4.69) is 33.6 Å². The smallest absolute Gasteiger partial charge is 0.337 e. The maximum atomic E-state index is 12.4. The van der Waals surface area contributed by atoms with Gasteiger partial charge in [-0.2, -0.15) is 0 Å². The van der Waals surface area contributed by atoms with E-state index in [1.54, 1.807) is 31.2 Å². The predicted octanol–water partition coefficient (Wildman–Crippen LogP) is 6.82. The van der Waals surface area contributed by atoms with Crippen LogP contribution >= 0.6 is 11.6 Å². The van der Waals surface area contributed by atoms with Gasteiger partial charge in [0.2, 0.25) is 10.0 Å². The largest absolute Gasteiger partial charge is 0.493 e. The van der Waals surface area contributed by atoms with Gasteiger partial charge in [-0.25, -0.2) is 17.9 Å². The van der Waals surface area contributed by atoms with E-state index >= 15 is 0 Å². The topological polar surface area (TPSA) is 86.6 Å². The van der Waals surface area contributed by atoms with Gasteiger partial charge in [-0.3, -0.25) is 0 Å². The molecule has 0 radical (unpaired) electrons. The van der Waals surface area contributed by atoms with Gasteiger partial charge >= 0.3 is 5.97 Å². The molecule has 228 valence electrons. The Morgan fingerprint density at radius 2 is 1.52 bits per heavy atom. The van der Waals surface area contributed by atoms with Crippen LogP contribution in [0.5, 0.6) is 5.75 Å². The van der Waals surface area contributed by atoms with Crippen LogP contribution < -0.4 is 9.46 Å². The third-order valence-electron chi connectivity index (χ3n) is 7.63. The van der Waals surface area contributed by atoms with Gasteiger partial charge in [0.15, 0.2) is 0 Å². The number of hydrogen-bond acceptors (Lipinski definition) is 5. The maximum absolute atomic E-state index is 12.4. The Morgan fingerprint density at radius 1 is 0.886 bits per heavy atom. The van der Waals surface area contributed by atoms with Gasteiger partial charge in [-0.1, -0.05) is 72.3 Å². The van der Waals surface area contributed by atoms with E-state index in [1.807, 2.05) is 54.6 Å². The van der Waals surface area contributed by atoms with Crippen LogP contribution in [0.25, 0.3) is 10.9 Å². The lowest BCUT2D eigenvalue weighted by Gasteiger charge is -2.25. The van der Waals surface area contributed by atoms with Gasteiger partial charge in [0.25, 0.3) is 0 Å². The third kappa shape index (κ3) is 7.16. The number of nitrogens with zero attached hydrogens (tertiary/aromatic N) is 1. The van der Waals surface area contributed by atoms with Crippen LogP contribution in [0.2, 0.25) is 5.02 Å². The summed E-state index contributed by atoms with van der Waals surface area (Å²) in [5.74, 6) is 0.233. The number of hydrogen-bond donors (Lipinski definition) is 1. The Hall–Kier alpha value is -4.11. The third-order valence-corrected chi connectivity index (χ3v) is 9.27. The molecule has 1 aromatic heterocycles. The summed E-state index contributed by atoms with van der Waals surface area (Å²) in [6.07, 6.45) is 1.01. The summed E-state index contributed by atoms with van der Waals surface area (Å²) in [5, 5.41) is 1.61. The molecule has 0 saturated carbocycles. The van der Waals surface area contributed by atoms with Crippen molar-refractivity contribution in [3.63, 3.8) is 0 Å². The molecule has 0 aliphatic heterocycles. The summed E-state index contributed by atoms with van der Waals surface area (Å²) in [6, 6.07) is 33.1. The van der Waals surface area contributed by atoms with Crippen molar-refractivity contribution >= 4 is 38.5 Å². The first-order valence-corrected chi connectivity index (χ1v) is 16.5.